The predicted molar refractivity (Wildman–Crippen MR) is 126 cm³/mol. The van der Waals surface area contributed by atoms with Crippen LogP contribution in [-0.2, 0) is 10.0 Å². The van der Waals surface area contributed by atoms with Gasteiger partial charge >= 0.3 is 6.03 Å². The molecule has 3 amide bonds. The van der Waals surface area contributed by atoms with Crippen molar-refractivity contribution in [3.8, 4) is 11.5 Å². The number of anilines is 1. The summed E-state index contributed by atoms with van der Waals surface area (Å²) in [6.07, 6.45) is 0. The first-order chi connectivity index (χ1) is 16.2. The largest absolute Gasteiger partial charge is 0.486 e. The van der Waals surface area contributed by atoms with E-state index in [0.717, 1.165) is 0 Å². The number of nitrogens with zero attached hydrogens (tertiary/aromatic N) is 2. The van der Waals surface area contributed by atoms with Crippen LogP contribution in [0.2, 0.25) is 0 Å². The van der Waals surface area contributed by atoms with Gasteiger partial charge in [-0.3, -0.25) is 4.79 Å². The number of urea groups is 1. The second kappa shape index (κ2) is 9.90. The van der Waals surface area contributed by atoms with E-state index in [1.165, 1.54) is 16.4 Å². The van der Waals surface area contributed by atoms with Gasteiger partial charge < -0.3 is 25.0 Å². The number of amides is 3. The van der Waals surface area contributed by atoms with Gasteiger partial charge in [-0.2, -0.15) is 4.31 Å². The van der Waals surface area contributed by atoms with Gasteiger partial charge in [-0.25, -0.2) is 13.2 Å². The molecule has 0 saturated carbocycles. The molecule has 0 atom stereocenters. The molecule has 2 aliphatic heterocycles. The predicted octanol–water partition coefficient (Wildman–Crippen LogP) is 2.13. The maximum atomic E-state index is 13.1. The van der Waals surface area contributed by atoms with Gasteiger partial charge in [0.05, 0.1) is 4.90 Å². The number of carbonyl (C=O) groups is 2. The molecule has 2 aromatic rings. The highest BCUT2D eigenvalue weighted by molar-refractivity contribution is 7.89. The van der Waals surface area contributed by atoms with Crippen molar-refractivity contribution in [1.29, 1.82) is 0 Å². The van der Waals surface area contributed by atoms with Gasteiger partial charge in [0.15, 0.2) is 11.5 Å². The van der Waals surface area contributed by atoms with Crippen LogP contribution in [0.1, 0.15) is 24.2 Å². The van der Waals surface area contributed by atoms with Gasteiger partial charge in [0.25, 0.3) is 5.91 Å². The van der Waals surface area contributed by atoms with Crippen LogP contribution < -0.4 is 20.1 Å². The lowest BCUT2D eigenvalue weighted by molar-refractivity contribution is 0.0698. The lowest BCUT2D eigenvalue weighted by Crippen LogP contribution is -2.50. The Morgan fingerprint density at radius 2 is 1.65 bits per heavy atom. The zero-order chi connectivity index (χ0) is 24.3. The average Bonchev–Trinajstić information content (AvgIpc) is 2.83. The molecule has 11 heteroatoms. The third-order valence-electron chi connectivity index (χ3n) is 5.46. The molecule has 0 aromatic heterocycles. The number of hydrogen-bond acceptors (Lipinski definition) is 6. The second-order valence-corrected chi connectivity index (χ2v) is 10.3. The molecule has 0 aliphatic carbocycles. The van der Waals surface area contributed by atoms with Gasteiger partial charge in [-0.05, 0) is 44.2 Å². The van der Waals surface area contributed by atoms with E-state index >= 15 is 0 Å². The Bertz CT molecular complexity index is 1180. The molecule has 182 valence electrons. The van der Waals surface area contributed by atoms with Crippen LogP contribution in [-0.4, -0.2) is 75.0 Å². The summed E-state index contributed by atoms with van der Waals surface area (Å²) < 4.78 is 38.6. The van der Waals surface area contributed by atoms with Crippen LogP contribution in [0.4, 0.5) is 10.5 Å². The quantitative estimate of drug-likeness (QED) is 0.666. The Morgan fingerprint density at radius 3 is 2.35 bits per heavy atom. The first-order valence-corrected chi connectivity index (χ1v) is 12.5. The lowest BCUT2D eigenvalue weighted by atomic mass is 10.1. The molecule has 0 bridgehead atoms. The molecular weight excluding hydrogens is 460 g/mol. The Kier molecular flexibility index (Phi) is 6.94. The fraction of sp³-hybridized carbons (Fsp3) is 0.391. The number of ether oxygens (including phenoxy) is 2. The molecule has 2 aromatic carbocycles. The average molecular weight is 489 g/mol. The first-order valence-electron chi connectivity index (χ1n) is 11.1. The lowest BCUT2D eigenvalue weighted by Gasteiger charge is -2.34. The van der Waals surface area contributed by atoms with Crippen molar-refractivity contribution < 1.29 is 27.5 Å². The van der Waals surface area contributed by atoms with Gasteiger partial charge in [0, 0.05) is 49.5 Å². The molecule has 2 heterocycles. The third-order valence-corrected chi connectivity index (χ3v) is 7.36. The van der Waals surface area contributed by atoms with E-state index in [-0.39, 0.29) is 49.1 Å². The van der Waals surface area contributed by atoms with E-state index < -0.39 is 10.0 Å². The Labute approximate surface area is 198 Å². The topological polar surface area (TPSA) is 117 Å². The summed E-state index contributed by atoms with van der Waals surface area (Å²) in [4.78, 5) is 26.7. The highest BCUT2D eigenvalue weighted by Gasteiger charge is 2.31. The number of sulfonamides is 1. The molecule has 0 spiro atoms. The number of nitrogens with one attached hydrogen (secondary N) is 2. The van der Waals surface area contributed by atoms with E-state index in [0.29, 0.717) is 36.0 Å². The normalized spacial score (nSPS) is 16.3. The summed E-state index contributed by atoms with van der Waals surface area (Å²) in [5, 5.41) is 5.44. The van der Waals surface area contributed by atoms with E-state index in [4.69, 9.17) is 9.47 Å². The third kappa shape index (κ3) is 5.26. The number of rotatable bonds is 5. The van der Waals surface area contributed by atoms with Crippen molar-refractivity contribution in [2.45, 2.75) is 24.8 Å². The minimum Gasteiger partial charge on any atom is -0.486 e. The summed E-state index contributed by atoms with van der Waals surface area (Å²) in [7, 11) is -3.73. The SMILES string of the molecule is CC(C)NC(=O)Nc1cccc(C(=O)N2CCN(S(=O)(=O)c3ccc4c(c3)OCCO4)CC2)c1. The summed E-state index contributed by atoms with van der Waals surface area (Å²) >= 11 is 0. The molecule has 0 unspecified atom stereocenters. The van der Waals surface area contributed by atoms with Crippen LogP contribution in [0.25, 0.3) is 0 Å². The summed E-state index contributed by atoms with van der Waals surface area (Å²) in [6, 6.07) is 10.9. The minimum atomic E-state index is -3.73. The van der Waals surface area contributed by atoms with Crippen molar-refractivity contribution >= 4 is 27.6 Å². The van der Waals surface area contributed by atoms with Crippen LogP contribution in [0.5, 0.6) is 11.5 Å². The maximum absolute atomic E-state index is 13.1. The zero-order valence-corrected chi connectivity index (χ0v) is 19.9. The van der Waals surface area contributed by atoms with Crippen molar-refractivity contribution in [3.63, 3.8) is 0 Å². The summed E-state index contributed by atoms with van der Waals surface area (Å²) in [5.74, 6) is 0.722. The van der Waals surface area contributed by atoms with E-state index in [1.807, 2.05) is 13.8 Å². The van der Waals surface area contributed by atoms with Gasteiger partial charge in [0.2, 0.25) is 10.0 Å². The molecule has 0 radical (unpaired) electrons. The first kappa shape index (κ1) is 23.8. The van der Waals surface area contributed by atoms with Gasteiger partial charge in [0.1, 0.15) is 13.2 Å². The van der Waals surface area contributed by atoms with Crippen LogP contribution in [0.15, 0.2) is 47.4 Å². The van der Waals surface area contributed by atoms with E-state index in [2.05, 4.69) is 10.6 Å². The highest BCUT2D eigenvalue weighted by Crippen LogP contribution is 2.33. The Hall–Kier alpha value is -3.31. The molecule has 2 N–H and O–H groups in total. The fourth-order valence-electron chi connectivity index (χ4n) is 3.81. The van der Waals surface area contributed by atoms with Crippen molar-refractivity contribution in [1.82, 2.24) is 14.5 Å². The molecule has 34 heavy (non-hydrogen) atoms. The number of benzene rings is 2. The standard InChI is InChI=1S/C23H28N4O6S/c1-16(2)24-23(29)25-18-5-3-4-17(14-18)22(28)26-8-10-27(11-9-26)34(30,31)19-6-7-20-21(15-19)33-13-12-32-20/h3-7,14-16H,8-13H2,1-2H3,(H2,24,25,29). The van der Waals surface area contributed by atoms with Crippen molar-refractivity contribution in [2.75, 3.05) is 44.7 Å². The van der Waals surface area contributed by atoms with Crippen LogP contribution >= 0.6 is 0 Å². The smallest absolute Gasteiger partial charge is 0.319 e. The number of carbonyl (C=O) groups excluding carboxylic acids is 2. The minimum absolute atomic E-state index is 0.0143. The molecule has 4 rings (SSSR count). The fourth-order valence-corrected chi connectivity index (χ4v) is 5.24. The molecule has 2 aliphatic rings. The maximum Gasteiger partial charge on any atom is 0.319 e. The van der Waals surface area contributed by atoms with Gasteiger partial charge in [-0.1, -0.05) is 6.07 Å². The van der Waals surface area contributed by atoms with Crippen molar-refractivity contribution in [2.24, 2.45) is 0 Å². The Balaban J connectivity index is 1.39. The number of fused-ring (bicyclic) bond motifs is 1. The second-order valence-electron chi connectivity index (χ2n) is 8.34. The molecule has 1 saturated heterocycles. The molecule has 10 nitrogen and oxygen atoms in total. The molecule has 1 fully saturated rings. The van der Waals surface area contributed by atoms with E-state index in [1.54, 1.807) is 35.2 Å². The number of hydrogen-bond donors (Lipinski definition) is 2. The molecular formula is C23H28N4O6S. The van der Waals surface area contributed by atoms with Gasteiger partial charge in [-0.15, -0.1) is 0 Å². The highest BCUT2D eigenvalue weighted by atomic mass is 32.2. The summed E-state index contributed by atoms with van der Waals surface area (Å²) in [6.45, 7) is 5.38. The zero-order valence-electron chi connectivity index (χ0n) is 19.1. The Morgan fingerprint density at radius 1 is 0.941 bits per heavy atom. The van der Waals surface area contributed by atoms with Crippen LogP contribution in [0.3, 0.4) is 0 Å². The monoisotopic (exact) mass is 488 g/mol. The van der Waals surface area contributed by atoms with E-state index in [9.17, 15) is 18.0 Å². The summed E-state index contributed by atoms with van der Waals surface area (Å²) in [5.41, 5.74) is 0.925. The van der Waals surface area contributed by atoms with Crippen LogP contribution in [0, 0.1) is 0 Å². The number of piperazine rings is 1. The van der Waals surface area contributed by atoms with Crippen molar-refractivity contribution in [3.05, 3.63) is 48.0 Å².